The van der Waals surface area contributed by atoms with E-state index in [1.807, 2.05) is 18.2 Å². The SMILES string of the molecule is COCCN=C1Nc2ccccc2CNC12CCN(C(=O)COc1ccc(F)c(F)c1)C2. The second-order valence-corrected chi connectivity index (χ2v) is 7.87. The largest absolute Gasteiger partial charge is 0.484 e. The number of amidine groups is 1. The van der Waals surface area contributed by atoms with Gasteiger partial charge in [-0.2, -0.15) is 0 Å². The summed E-state index contributed by atoms with van der Waals surface area (Å²) in [6.45, 7) is 2.31. The van der Waals surface area contributed by atoms with E-state index in [1.165, 1.54) is 6.07 Å². The molecule has 2 aliphatic rings. The Labute approximate surface area is 185 Å². The van der Waals surface area contributed by atoms with E-state index in [4.69, 9.17) is 14.5 Å². The summed E-state index contributed by atoms with van der Waals surface area (Å²) in [5, 5.41) is 7.07. The fourth-order valence-corrected chi connectivity index (χ4v) is 3.99. The van der Waals surface area contributed by atoms with Gasteiger partial charge >= 0.3 is 0 Å². The van der Waals surface area contributed by atoms with Crippen molar-refractivity contribution in [1.29, 1.82) is 0 Å². The van der Waals surface area contributed by atoms with E-state index >= 15 is 0 Å². The Morgan fingerprint density at radius 1 is 1.22 bits per heavy atom. The molecule has 1 saturated heterocycles. The van der Waals surface area contributed by atoms with Crippen LogP contribution in [0.1, 0.15) is 12.0 Å². The third-order valence-electron chi connectivity index (χ3n) is 5.78. The molecule has 1 spiro atoms. The van der Waals surface area contributed by atoms with Gasteiger partial charge in [0, 0.05) is 38.5 Å². The monoisotopic (exact) mass is 444 g/mol. The van der Waals surface area contributed by atoms with Crippen LogP contribution in [0.25, 0.3) is 0 Å². The number of para-hydroxylation sites is 1. The first kappa shape index (κ1) is 22.2. The molecule has 2 N–H and O–H groups in total. The molecule has 4 rings (SSSR count). The number of nitrogens with one attached hydrogen (secondary N) is 2. The Morgan fingerprint density at radius 2 is 2.06 bits per heavy atom. The molecule has 7 nitrogen and oxygen atoms in total. The number of hydrogen-bond donors (Lipinski definition) is 2. The fourth-order valence-electron chi connectivity index (χ4n) is 3.99. The quantitative estimate of drug-likeness (QED) is 0.670. The molecule has 1 amide bonds. The smallest absolute Gasteiger partial charge is 0.260 e. The van der Waals surface area contributed by atoms with E-state index in [2.05, 4.69) is 16.7 Å². The number of amides is 1. The van der Waals surface area contributed by atoms with Crippen molar-refractivity contribution in [3.63, 3.8) is 0 Å². The number of aliphatic imine (C=N–C) groups is 1. The van der Waals surface area contributed by atoms with Crippen molar-refractivity contribution in [1.82, 2.24) is 10.2 Å². The highest BCUT2D eigenvalue weighted by molar-refractivity contribution is 6.04. The molecular formula is C23H26F2N4O3. The summed E-state index contributed by atoms with van der Waals surface area (Å²) in [7, 11) is 1.63. The summed E-state index contributed by atoms with van der Waals surface area (Å²) in [5.74, 6) is -1.32. The maximum Gasteiger partial charge on any atom is 0.260 e. The number of carbonyl (C=O) groups is 1. The molecule has 1 unspecified atom stereocenters. The predicted octanol–water partition coefficient (Wildman–Crippen LogP) is 2.57. The highest BCUT2D eigenvalue weighted by atomic mass is 19.2. The van der Waals surface area contributed by atoms with E-state index in [0.717, 1.165) is 29.2 Å². The van der Waals surface area contributed by atoms with Gasteiger partial charge in [0.25, 0.3) is 5.91 Å². The molecular weight excluding hydrogens is 418 g/mol. The van der Waals surface area contributed by atoms with E-state index in [9.17, 15) is 13.6 Å². The van der Waals surface area contributed by atoms with Gasteiger partial charge in [-0.3, -0.25) is 15.1 Å². The molecule has 0 radical (unpaired) electrons. The Morgan fingerprint density at radius 3 is 2.88 bits per heavy atom. The van der Waals surface area contributed by atoms with Gasteiger partial charge in [-0.05, 0) is 30.2 Å². The molecule has 0 aromatic heterocycles. The van der Waals surface area contributed by atoms with Gasteiger partial charge in [-0.25, -0.2) is 8.78 Å². The number of ether oxygens (including phenoxy) is 2. The van der Waals surface area contributed by atoms with Crippen LogP contribution in [0.2, 0.25) is 0 Å². The van der Waals surface area contributed by atoms with Crippen LogP contribution >= 0.6 is 0 Å². The van der Waals surface area contributed by atoms with Gasteiger partial charge in [-0.1, -0.05) is 18.2 Å². The van der Waals surface area contributed by atoms with Crippen LogP contribution in [-0.2, 0) is 16.1 Å². The zero-order chi connectivity index (χ0) is 22.6. The molecule has 170 valence electrons. The predicted molar refractivity (Wildman–Crippen MR) is 117 cm³/mol. The number of nitrogens with zero attached hydrogens (tertiary/aromatic N) is 2. The summed E-state index contributed by atoms with van der Waals surface area (Å²) in [6, 6.07) is 11.2. The molecule has 0 aliphatic carbocycles. The minimum Gasteiger partial charge on any atom is -0.484 e. The van der Waals surface area contributed by atoms with Crippen molar-refractivity contribution < 1.29 is 23.0 Å². The number of likely N-dealkylation sites (tertiary alicyclic amines) is 1. The van der Waals surface area contributed by atoms with Crippen LogP contribution < -0.4 is 15.4 Å². The molecule has 9 heteroatoms. The third kappa shape index (κ3) is 4.73. The second-order valence-electron chi connectivity index (χ2n) is 7.87. The molecule has 1 atom stereocenters. The van der Waals surface area contributed by atoms with Crippen LogP contribution in [-0.4, -0.2) is 62.1 Å². The molecule has 0 bridgehead atoms. The minimum absolute atomic E-state index is 0.109. The van der Waals surface area contributed by atoms with Crippen molar-refractivity contribution >= 4 is 17.4 Å². The standard InChI is InChI=1S/C23H26F2N4O3/c1-31-11-9-26-22-23(27-13-16-4-2-3-5-20(16)28-22)8-10-29(15-23)21(30)14-32-17-6-7-18(24)19(25)12-17/h2-7,12,27H,8-11,13-15H2,1H3,(H,26,28). The fraction of sp³-hybridized carbons (Fsp3) is 0.391. The Kier molecular flexibility index (Phi) is 6.66. The maximum atomic E-state index is 13.4. The van der Waals surface area contributed by atoms with Crippen molar-refractivity contribution in [3.8, 4) is 5.75 Å². The number of benzene rings is 2. The number of fused-ring (bicyclic) bond motifs is 1. The van der Waals surface area contributed by atoms with Crippen LogP contribution in [0, 0.1) is 11.6 Å². The number of rotatable bonds is 6. The Hall–Kier alpha value is -3.04. The number of halogens is 2. The molecule has 2 aliphatic heterocycles. The second kappa shape index (κ2) is 9.62. The number of hydrogen-bond acceptors (Lipinski definition) is 5. The van der Waals surface area contributed by atoms with Gasteiger partial charge in [0.2, 0.25) is 0 Å². The lowest BCUT2D eigenvalue weighted by Crippen LogP contribution is -2.55. The lowest BCUT2D eigenvalue weighted by atomic mass is 9.96. The van der Waals surface area contributed by atoms with Crippen molar-refractivity contribution in [2.45, 2.75) is 18.5 Å². The molecule has 1 fully saturated rings. The zero-order valence-corrected chi connectivity index (χ0v) is 17.9. The van der Waals surface area contributed by atoms with Gasteiger partial charge in [0.15, 0.2) is 18.2 Å². The lowest BCUT2D eigenvalue weighted by molar-refractivity contribution is -0.132. The Bertz CT molecular complexity index is 1020. The normalized spacial score (nSPS) is 21.3. The Balaban J connectivity index is 1.47. The summed E-state index contributed by atoms with van der Waals surface area (Å²) in [5.41, 5.74) is 1.58. The van der Waals surface area contributed by atoms with Crippen molar-refractivity contribution in [3.05, 3.63) is 59.7 Å². The van der Waals surface area contributed by atoms with E-state index in [1.54, 1.807) is 12.0 Å². The summed E-state index contributed by atoms with van der Waals surface area (Å²) < 4.78 is 37.0. The minimum atomic E-state index is -1.01. The van der Waals surface area contributed by atoms with Crippen LogP contribution in [0.3, 0.4) is 0 Å². The summed E-state index contributed by atoms with van der Waals surface area (Å²) in [6.07, 6.45) is 0.677. The number of methoxy groups -OCH3 is 1. The zero-order valence-electron chi connectivity index (χ0n) is 17.9. The molecule has 32 heavy (non-hydrogen) atoms. The average molecular weight is 444 g/mol. The van der Waals surface area contributed by atoms with Gasteiger partial charge in [-0.15, -0.1) is 0 Å². The molecule has 0 saturated carbocycles. The molecule has 2 aromatic carbocycles. The number of anilines is 1. The highest BCUT2D eigenvalue weighted by Gasteiger charge is 2.45. The maximum absolute atomic E-state index is 13.4. The first-order valence-electron chi connectivity index (χ1n) is 10.5. The third-order valence-corrected chi connectivity index (χ3v) is 5.78. The van der Waals surface area contributed by atoms with E-state index in [-0.39, 0.29) is 18.3 Å². The summed E-state index contributed by atoms with van der Waals surface area (Å²) in [4.78, 5) is 19.2. The van der Waals surface area contributed by atoms with Crippen LogP contribution in [0.15, 0.2) is 47.5 Å². The average Bonchev–Trinajstić information content (AvgIpc) is 3.17. The molecule has 2 heterocycles. The summed E-state index contributed by atoms with van der Waals surface area (Å²) >= 11 is 0. The van der Waals surface area contributed by atoms with Crippen LogP contribution in [0.4, 0.5) is 14.5 Å². The van der Waals surface area contributed by atoms with E-state index in [0.29, 0.717) is 39.2 Å². The van der Waals surface area contributed by atoms with Crippen molar-refractivity contribution in [2.75, 3.05) is 45.3 Å². The van der Waals surface area contributed by atoms with Gasteiger partial charge in [0.1, 0.15) is 11.6 Å². The van der Waals surface area contributed by atoms with Crippen molar-refractivity contribution in [2.24, 2.45) is 4.99 Å². The van der Waals surface area contributed by atoms with Gasteiger partial charge in [0.05, 0.1) is 18.7 Å². The lowest BCUT2D eigenvalue weighted by Gasteiger charge is -2.30. The first-order chi connectivity index (χ1) is 15.5. The van der Waals surface area contributed by atoms with Gasteiger partial charge < -0.3 is 19.7 Å². The van der Waals surface area contributed by atoms with Crippen LogP contribution in [0.5, 0.6) is 5.75 Å². The molecule has 2 aromatic rings. The van der Waals surface area contributed by atoms with E-state index < -0.39 is 17.2 Å². The first-order valence-corrected chi connectivity index (χ1v) is 10.5. The topological polar surface area (TPSA) is 75.2 Å². The number of carbonyl (C=O) groups excluding carboxylic acids is 1. The highest BCUT2D eigenvalue weighted by Crippen LogP contribution is 2.29.